The second-order valence-corrected chi connectivity index (χ2v) is 5.85. The quantitative estimate of drug-likeness (QED) is 0.877. The van der Waals surface area contributed by atoms with Crippen LogP contribution in [-0.4, -0.2) is 10.6 Å². The van der Waals surface area contributed by atoms with Crippen LogP contribution in [0.25, 0.3) is 10.9 Å². The number of para-hydroxylation sites is 1. The lowest BCUT2D eigenvalue weighted by atomic mass is 10.2. The zero-order valence-corrected chi connectivity index (χ0v) is 11.7. The summed E-state index contributed by atoms with van der Waals surface area (Å²) in [5, 5.41) is 5.71. The summed E-state index contributed by atoms with van der Waals surface area (Å²) in [6, 6.07) is 7.35. The van der Waals surface area contributed by atoms with Crippen molar-refractivity contribution in [3.8, 4) is 0 Å². The standard InChI is InChI=1S/C15H19ClN2/c1-10(2)18-9-11(8-17-12-6-7-12)13-4-3-5-14(16)15(13)18/h3-5,9-10,12,17H,6-8H2,1-2H3. The van der Waals surface area contributed by atoms with E-state index in [1.54, 1.807) is 0 Å². The summed E-state index contributed by atoms with van der Waals surface area (Å²) in [4.78, 5) is 0. The molecule has 0 spiro atoms. The van der Waals surface area contributed by atoms with E-state index < -0.39 is 0 Å². The van der Waals surface area contributed by atoms with Gasteiger partial charge >= 0.3 is 0 Å². The summed E-state index contributed by atoms with van der Waals surface area (Å²) in [5.41, 5.74) is 2.52. The van der Waals surface area contributed by atoms with Gasteiger partial charge in [0.15, 0.2) is 0 Å². The van der Waals surface area contributed by atoms with Crippen molar-refractivity contribution in [2.24, 2.45) is 0 Å². The molecule has 0 amide bonds. The third-order valence-electron chi connectivity index (χ3n) is 3.60. The van der Waals surface area contributed by atoms with E-state index in [-0.39, 0.29) is 0 Å². The van der Waals surface area contributed by atoms with Gasteiger partial charge in [-0.25, -0.2) is 0 Å². The summed E-state index contributed by atoms with van der Waals surface area (Å²) in [5.74, 6) is 0. The molecule has 0 radical (unpaired) electrons. The maximum atomic E-state index is 6.35. The number of nitrogens with one attached hydrogen (secondary N) is 1. The van der Waals surface area contributed by atoms with E-state index in [1.165, 1.54) is 29.3 Å². The third kappa shape index (κ3) is 2.15. The Morgan fingerprint density at radius 3 is 2.83 bits per heavy atom. The van der Waals surface area contributed by atoms with Crippen LogP contribution < -0.4 is 5.32 Å². The molecule has 1 aliphatic rings. The lowest BCUT2D eigenvalue weighted by Gasteiger charge is -2.09. The molecule has 18 heavy (non-hydrogen) atoms. The Morgan fingerprint density at radius 1 is 1.39 bits per heavy atom. The van der Waals surface area contributed by atoms with Crippen molar-refractivity contribution in [2.75, 3.05) is 0 Å². The van der Waals surface area contributed by atoms with Crippen molar-refractivity contribution in [1.82, 2.24) is 9.88 Å². The van der Waals surface area contributed by atoms with E-state index in [0.29, 0.717) is 6.04 Å². The molecule has 0 aliphatic heterocycles. The minimum atomic E-state index is 0.432. The van der Waals surface area contributed by atoms with Gasteiger partial charge in [0.2, 0.25) is 0 Å². The van der Waals surface area contributed by atoms with Gasteiger partial charge in [-0.05, 0) is 38.3 Å². The molecule has 0 unspecified atom stereocenters. The smallest absolute Gasteiger partial charge is 0.0675 e. The summed E-state index contributed by atoms with van der Waals surface area (Å²) in [7, 11) is 0. The van der Waals surface area contributed by atoms with Crippen LogP contribution in [-0.2, 0) is 6.54 Å². The number of rotatable bonds is 4. The maximum Gasteiger partial charge on any atom is 0.0675 e. The molecule has 1 saturated carbocycles. The molecule has 2 aromatic rings. The average molecular weight is 263 g/mol. The third-order valence-corrected chi connectivity index (χ3v) is 3.91. The molecular weight excluding hydrogens is 244 g/mol. The minimum Gasteiger partial charge on any atom is -0.343 e. The second kappa shape index (κ2) is 4.60. The van der Waals surface area contributed by atoms with Gasteiger partial charge in [-0.3, -0.25) is 0 Å². The molecule has 1 N–H and O–H groups in total. The Balaban J connectivity index is 2.04. The Bertz CT molecular complexity index is 567. The molecule has 1 fully saturated rings. The van der Waals surface area contributed by atoms with E-state index in [0.717, 1.165) is 17.6 Å². The van der Waals surface area contributed by atoms with E-state index in [9.17, 15) is 0 Å². The molecule has 96 valence electrons. The van der Waals surface area contributed by atoms with Gasteiger partial charge in [0.05, 0.1) is 10.5 Å². The Labute approximate surface area is 113 Å². The van der Waals surface area contributed by atoms with E-state index in [1.807, 2.05) is 12.1 Å². The Hall–Kier alpha value is -0.990. The highest BCUT2D eigenvalue weighted by atomic mass is 35.5. The van der Waals surface area contributed by atoms with Crippen molar-refractivity contribution in [3.05, 3.63) is 35.0 Å². The largest absolute Gasteiger partial charge is 0.343 e. The molecule has 0 bridgehead atoms. The minimum absolute atomic E-state index is 0.432. The fourth-order valence-electron chi connectivity index (χ4n) is 2.43. The highest BCUT2D eigenvalue weighted by molar-refractivity contribution is 6.35. The van der Waals surface area contributed by atoms with Crippen LogP contribution in [0.1, 0.15) is 38.3 Å². The number of aromatic nitrogens is 1. The van der Waals surface area contributed by atoms with Gasteiger partial charge in [-0.1, -0.05) is 23.7 Å². The van der Waals surface area contributed by atoms with E-state index >= 15 is 0 Å². The molecule has 2 nitrogen and oxygen atoms in total. The van der Waals surface area contributed by atoms with Gasteiger partial charge in [0, 0.05) is 30.2 Å². The number of fused-ring (bicyclic) bond motifs is 1. The van der Waals surface area contributed by atoms with Crippen LogP contribution in [0.5, 0.6) is 0 Å². The first-order valence-electron chi connectivity index (χ1n) is 6.68. The van der Waals surface area contributed by atoms with Crippen LogP contribution in [0.2, 0.25) is 5.02 Å². The lowest BCUT2D eigenvalue weighted by Crippen LogP contribution is -2.14. The zero-order chi connectivity index (χ0) is 12.7. The van der Waals surface area contributed by atoms with Crippen LogP contribution in [0.4, 0.5) is 0 Å². The molecule has 3 rings (SSSR count). The van der Waals surface area contributed by atoms with Crippen molar-refractivity contribution < 1.29 is 0 Å². The van der Waals surface area contributed by atoms with E-state index in [4.69, 9.17) is 11.6 Å². The average Bonchev–Trinajstić information content (AvgIpc) is 3.08. The monoisotopic (exact) mass is 262 g/mol. The number of hydrogen-bond acceptors (Lipinski definition) is 1. The molecule has 1 heterocycles. The van der Waals surface area contributed by atoms with Gasteiger partial charge in [0.25, 0.3) is 0 Å². The van der Waals surface area contributed by atoms with Crippen molar-refractivity contribution >= 4 is 22.5 Å². The molecule has 1 aromatic carbocycles. The van der Waals surface area contributed by atoms with Gasteiger partial charge in [0.1, 0.15) is 0 Å². The fourth-order valence-corrected chi connectivity index (χ4v) is 2.70. The predicted molar refractivity (Wildman–Crippen MR) is 77.2 cm³/mol. The van der Waals surface area contributed by atoms with Gasteiger partial charge in [-0.2, -0.15) is 0 Å². The van der Waals surface area contributed by atoms with Crippen molar-refractivity contribution in [1.29, 1.82) is 0 Å². The number of halogens is 1. The topological polar surface area (TPSA) is 17.0 Å². The lowest BCUT2D eigenvalue weighted by molar-refractivity contribution is 0.616. The zero-order valence-electron chi connectivity index (χ0n) is 10.9. The highest BCUT2D eigenvalue weighted by Gasteiger charge is 2.21. The van der Waals surface area contributed by atoms with Crippen LogP contribution >= 0.6 is 11.6 Å². The predicted octanol–water partition coefficient (Wildman–Crippen LogP) is 4.13. The number of hydrogen-bond donors (Lipinski definition) is 1. The molecule has 0 atom stereocenters. The Kier molecular flexibility index (Phi) is 3.08. The summed E-state index contributed by atoms with van der Waals surface area (Å²) in [6.07, 6.45) is 4.89. The van der Waals surface area contributed by atoms with Gasteiger partial charge < -0.3 is 9.88 Å². The fraction of sp³-hybridized carbons (Fsp3) is 0.467. The van der Waals surface area contributed by atoms with Crippen LogP contribution in [0.15, 0.2) is 24.4 Å². The first kappa shape index (κ1) is 12.1. The van der Waals surface area contributed by atoms with Crippen LogP contribution in [0.3, 0.4) is 0 Å². The van der Waals surface area contributed by atoms with Crippen LogP contribution in [0, 0.1) is 0 Å². The first-order chi connectivity index (χ1) is 8.66. The molecule has 1 aliphatic carbocycles. The first-order valence-corrected chi connectivity index (χ1v) is 7.06. The second-order valence-electron chi connectivity index (χ2n) is 5.45. The number of nitrogens with zero attached hydrogens (tertiary/aromatic N) is 1. The summed E-state index contributed by atoms with van der Waals surface area (Å²) < 4.78 is 2.28. The summed E-state index contributed by atoms with van der Waals surface area (Å²) in [6.45, 7) is 5.34. The molecule has 1 aromatic heterocycles. The Morgan fingerprint density at radius 2 is 2.17 bits per heavy atom. The molecular formula is C15H19ClN2. The van der Waals surface area contributed by atoms with E-state index in [2.05, 4.69) is 36.0 Å². The number of benzene rings is 1. The molecule has 0 saturated heterocycles. The van der Waals surface area contributed by atoms with Gasteiger partial charge in [-0.15, -0.1) is 0 Å². The highest BCUT2D eigenvalue weighted by Crippen LogP contribution is 2.31. The SMILES string of the molecule is CC(C)n1cc(CNC2CC2)c2cccc(Cl)c21. The normalized spacial score (nSPS) is 15.8. The maximum absolute atomic E-state index is 6.35. The van der Waals surface area contributed by atoms with Crippen molar-refractivity contribution in [2.45, 2.75) is 45.3 Å². The molecule has 3 heteroatoms. The summed E-state index contributed by atoms with van der Waals surface area (Å²) >= 11 is 6.35. The van der Waals surface area contributed by atoms with Crippen molar-refractivity contribution in [3.63, 3.8) is 0 Å².